The third-order valence-corrected chi connectivity index (χ3v) is 6.53. The molecule has 38 heavy (non-hydrogen) atoms. The minimum Gasteiger partial charge on any atom is -0.493 e. The number of rotatable bonds is 9. The van der Waals surface area contributed by atoms with Crippen LogP contribution in [0.3, 0.4) is 0 Å². The fourth-order valence-corrected chi connectivity index (χ4v) is 4.53. The minimum atomic E-state index is -4.97. The quantitative estimate of drug-likeness (QED) is 0.360. The lowest BCUT2D eigenvalue weighted by Gasteiger charge is -2.33. The number of methoxy groups -OCH3 is 2. The number of ether oxygens (including phenoxy) is 2. The Bertz CT molecular complexity index is 1130. The molecule has 1 aliphatic heterocycles. The first-order valence-electron chi connectivity index (χ1n) is 11.7. The number of alkyl halides is 6. The molecule has 3 rings (SSSR count). The number of benzene rings is 2. The van der Waals surface area contributed by atoms with Crippen LogP contribution in [0.5, 0.6) is 11.5 Å². The highest BCUT2D eigenvalue weighted by molar-refractivity contribution is 5.83. The lowest BCUT2D eigenvalue weighted by atomic mass is 9.91. The van der Waals surface area contributed by atoms with Crippen LogP contribution in [0.15, 0.2) is 30.3 Å². The summed E-state index contributed by atoms with van der Waals surface area (Å²) >= 11 is 0. The van der Waals surface area contributed by atoms with E-state index in [4.69, 9.17) is 9.47 Å². The Balaban J connectivity index is 1.75. The van der Waals surface area contributed by atoms with Gasteiger partial charge in [0.1, 0.15) is 12.4 Å². The van der Waals surface area contributed by atoms with Crippen molar-refractivity contribution < 1.29 is 50.5 Å². The summed E-state index contributed by atoms with van der Waals surface area (Å²) in [6.07, 6.45) is -11.3. The highest BCUT2D eigenvalue weighted by Crippen LogP contribution is 2.37. The maximum Gasteiger partial charge on any atom is 0.416 e. The predicted octanol–water partition coefficient (Wildman–Crippen LogP) is 4.83. The zero-order chi connectivity index (χ0) is 28.3. The molecule has 0 radical (unpaired) electrons. The number of aliphatic hydroxyl groups is 1. The van der Waals surface area contributed by atoms with Crippen LogP contribution in [0.2, 0.25) is 0 Å². The van der Waals surface area contributed by atoms with Gasteiger partial charge in [-0.25, -0.2) is 0 Å². The van der Waals surface area contributed by atoms with Crippen LogP contribution in [0.1, 0.15) is 40.7 Å². The van der Waals surface area contributed by atoms with Crippen molar-refractivity contribution in [3.63, 3.8) is 0 Å². The monoisotopic (exact) mass is 547 g/mol. The van der Waals surface area contributed by atoms with E-state index in [1.165, 1.54) is 19.1 Å². The number of hydrogen-bond donors (Lipinski definition) is 1. The summed E-state index contributed by atoms with van der Waals surface area (Å²) in [6, 6.07) is 4.84. The smallest absolute Gasteiger partial charge is 0.416 e. The molecule has 1 aliphatic rings. The summed E-state index contributed by atoms with van der Waals surface area (Å²) in [5.74, 6) is -0.750. The van der Waals surface area contributed by atoms with Crippen LogP contribution in [0.4, 0.5) is 26.3 Å². The van der Waals surface area contributed by atoms with E-state index in [0.29, 0.717) is 30.1 Å². The number of amides is 1. The molecule has 6 nitrogen and oxygen atoms in total. The first kappa shape index (κ1) is 29.3. The number of hydrogen-bond acceptors (Lipinski definition) is 5. The molecule has 0 spiro atoms. The Kier molecular flexibility index (Phi) is 8.96. The van der Waals surface area contributed by atoms with Crippen molar-refractivity contribution in [1.29, 1.82) is 0 Å². The summed E-state index contributed by atoms with van der Waals surface area (Å²) in [5, 5.41) is 10.2. The number of aldehydes is 1. The maximum absolute atomic E-state index is 13.3. The summed E-state index contributed by atoms with van der Waals surface area (Å²) in [4.78, 5) is 26.0. The van der Waals surface area contributed by atoms with E-state index < -0.39 is 41.4 Å². The van der Waals surface area contributed by atoms with Crippen molar-refractivity contribution in [2.45, 2.75) is 50.7 Å². The van der Waals surface area contributed by atoms with Gasteiger partial charge in [-0.15, -0.1) is 0 Å². The standard InChI is InChI=1S/C26H27F6NO5/c1-37-22-10-16-6-7-33(13-17(16)11-23(22)38-2)24(36)20(21(35)14-34)5-3-4-15-8-18(25(27,28)29)12-19(9-15)26(30,31)32/h8-12,14,20-21,35H,3-7,13H2,1-2H3/t20-,21-/m1/s1. The molecule has 2 atom stereocenters. The van der Waals surface area contributed by atoms with Gasteiger partial charge in [0.2, 0.25) is 5.91 Å². The Morgan fingerprint density at radius 1 is 0.974 bits per heavy atom. The molecule has 0 bridgehead atoms. The lowest BCUT2D eigenvalue weighted by Crippen LogP contribution is -2.44. The van der Waals surface area contributed by atoms with Gasteiger partial charge >= 0.3 is 12.4 Å². The molecule has 1 N–H and O–H groups in total. The zero-order valence-corrected chi connectivity index (χ0v) is 20.7. The van der Waals surface area contributed by atoms with Crippen molar-refractivity contribution in [2.24, 2.45) is 5.92 Å². The Morgan fingerprint density at radius 2 is 1.53 bits per heavy atom. The average molecular weight is 547 g/mol. The van der Waals surface area contributed by atoms with Gasteiger partial charge in [0.15, 0.2) is 11.5 Å². The van der Waals surface area contributed by atoms with E-state index in [1.54, 1.807) is 12.1 Å². The molecule has 0 aromatic heterocycles. The predicted molar refractivity (Wildman–Crippen MR) is 124 cm³/mol. The third-order valence-electron chi connectivity index (χ3n) is 6.53. The maximum atomic E-state index is 13.3. The number of nitrogens with zero attached hydrogens (tertiary/aromatic N) is 1. The largest absolute Gasteiger partial charge is 0.493 e. The van der Waals surface area contributed by atoms with Crippen molar-refractivity contribution >= 4 is 12.2 Å². The van der Waals surface area contributed by atoms with Gasteiger partial charge in [-0.2, -0.15) is 26.3 Å². The van der Waals surface area contributed by atoms with E-state index >= 15 is 0 Å². The summed E-state index contributed by atoms with van der Waals surface area (Å²) < 4.78 is 89.4. The minimum absolute atomic E-state index is 0.0324. The normalized spacial score (nSPS) is 15.4. The van der Waals surface area contributed by atoms with Crippen LogP contribution in [-0.2, 0) is 41.3 Å². The Morgan fingerprint density at radius 3 is 2.03 bits per heavy atom. The van der Waals surface area contributed by atoms with Gasteiger partial charge in [-0.1, -0.05) is 0 Å². The molecule has 0 saturated carbocycles. The van der Waals surface area contributed by atoms with Crippen LogP contribution in [-0.4, -0.2) is 49.1 Å². The first-order chi connectivity index (χ1) is 17.8. The Labute approximate surface area is 215 Å². The highest BCUT2D eigenvalue weighted by atomic mass is 19.4. The van der Waals surface area contributed by atoms with Crippen LogP contribution < -0.4 is 9.47 Å². The summed E-state index contributed by atoms with van der Waals surface area (Å²) in [7, 11) is 2.96. The lowest BCUT2D eigenvalue weighted by molar-refractivity contribution is -0.143. The van der Waals surface area contributed by atoms with E-state index in [2.05, 4.69) is 0 Å². The van der Waals surface area contributed by atoms with Crippen LogP contribution in [0.25, 0.3) is 0 Å². The molecule has 0 saturated heterocycles. The number of fused-ring (bicyclic) bond motifs is 1. The molecule has 1 heterocycles. The van der Waals surface area contributed by atoms with Gasteiger partial charge in [0.05, 0.1) is 31.3 Å². The Hall–Kier alpha value is -3.28. The second-order valence-electron chi connectivity index (χ2n) is 9.03. The number of carbonyl (C=O) groups is 2. The fraction of sp³-hybridized carbons (Fsp3) is 0.462. The molecule has 208 valence electrons. The van der Waals surface area contributed by atoms with Gasteiger partial charge in [0, 0.05) is 13.1 Å². The van der Waals surface area contributed by atoms with E-state index in [1.807, 2.05) is 0 Å². The molecule has 0 unspecified atom stereocenters. The second-order valence-corrected chi connectivity index (χ2v) is 9.03. The molecule has 0 fully saturated rings. The van der Waals surface area contributed by atoms with E-state index in [0.717, 1.165) is 11.1 Å². The molecule has 12 heteroatoms. The highest BCUT2D eigenvalue weighted by Gasteiger charge is 2.37. The molecule has 2 aromatic carbocycles. The van der Waals surface area contributed by atoms with Crippen molar-refractivity contribution in [2.75, 3.05) is 20.8 Å². The van der Waals surface area contributed by atoms with Gasteiger partial charge < -0.3 is 24.3 Å². The first-order valence-corrected chi connectivity index (χ1v) is 11.7. The topological polar surface area (TPSA) is 76.1 Å². The molecular weight excluding hydrogens is 520 g/mol. The summed E-state index contributed by atoms with van der Waals surface area (Å²) in [5.41, 5.74) is -1.36. The summed E-state index contributed by atoms with van der Waals surface area (Å²) in [6.45, 7) is 0.450. The molecule has 0 aliphatic carbocycles. The number of halogens is 6. The van der Waals surface area contributed by atoms with Gasteiger partial charge in [-0.05, 0) is 72.7 Å². The fourth-order valence-electron chi connectivity index (χ4n) is 4.53. The third kappa shape index (κ3) is 6.77. The average Bonchev–Trinajstić information content (AvgIpc) is 2.87. The molecule has 1 amide bonds. The number of aliphatic hydroxyl groups excluding tert-OH is 1. The number of aryl methyl sites for hydroxylation is 1. The second kappa shape index (κ2) is 11.6. The molecular formula is C26H27F6NO5. The van der Waals surface area contributed by atoms with Crippen molar-refractivity contribution in [1.82, 2.24) is 4.90 Å². The number of carbonyl (C=O) groups excluding carboxylic acids is 2. The zero-order valence-electron chi connectivity index (χ0n) is 20.7. The van der Waals surface area contributed by atoms with E-state index in [9.17, 15) is 41.0 Å². The van der Waals surface area contributed by atoms with Crippen molar-refractivity contribution in [3.05, 3.63) is 58.1 Å². The SMILES string of the molecule is COc1cc2c(cc1OC)CN(C(=O)[C@H](CCCc1cc(C(F)(F)F)cc(C(F)(F)F)c1)[C@H](O)C=O)CC2. The van der Waals surface area contributed by atoms with Crippen molar-refractivity contribution in [3.8, 4) is 11.5 Å². The van der Waals surface area contributed by atoms with E-state index in [-0.39, 0.29) is 50.3 Å². The molecule has 2 aromatic rings. The van der Waals surface area contributed by atoms with Crippen LogP contribution in [0, 0.1) is 5.92 Å². The van der Waals surface area contributed by atoms with Crippen LogP contribution >= 0.6 is 0 Å². The van der Waals surface area contributed by atoms with Gasteiger partial charge in [0.25, 0.3) is 0 Å². The van der Waals surface area contributed by atoms with Gasteiger partial charge in [-0.3, -0.25) is 4.79 Å².